The van der Waals surface area contributed by atoms with Crippen LogP contribution in [0.5, 0.6) is 0 Å². The third kappa shape index (κ3) is 129. The average molecular weight is 577 g/mol. The van der Waals surface area contributed by atoms with Crippen LogP contribution in [0.2, 0.25) is 0 Å². The van der Waals surface area contributed by atoms with Crippen LogP contribution in [0.3, 0.4) is 0 Å². The van der Waals surface area contributed by atoms with Gasteiger partial charge in [0.2, 0.25) is 0 Å². The second kappa shape index (κ2) is 23.5. The van der Waals surface area contributed by atoms with Crippen molar-refractivity contribution in [2.75, 3.05) is 0 Å². The minimum absolute atomic E-state index is 0.194. The van der Waals surface area contributed by atoms with E-state index in [2.05, 4.69) is 0 Å². The van der Waals surface area contributed by atoms with Gasteiger partial charge in [-0.15, -0.1) is 0 Å². The first-order valence-corrected chi connectivity index (χ1v) is 5.80. The molecule has 0 unspecified atom stereocenters. The molecular formula is Bi2O5Se. The van der Waals surface area contributed by atoms with Gasteiger partial charge < -0.3 is 0 Å². The first-order valence-electron chi connectivity index (χ1n) is 0.865. The van der Waals surface area contributed by atoms with Crippen LogP contribution < -0.4 is 8.38 Å². The molecular weight excluding hydrogens is 577 g/mol. The quantitative estimate of drug-likeness (QED) is 0.275. The van der Waals surface area contributed by atoms with E-state index in [0.29, 0.717) is 0 Å². The fourth-order valence-corrected chi connectivity index (χ4v) is 0. The standard InChI is InChI=1S/2Bi.H2O3Se.2O/c;;1-4(2)3;;/h;;(H2,1,2,3);;/q2*+1;;;/p-2. The van der Waals surface area contributed by atoms with Gasteiger partial charge in [-0.3, -0.25) is 0 Å². The zero-order chi connectivity index (χ0) is 7.58. The Morgan fingerprint density at radius 2 is 1.00 bits per heavy atom. The van der Waals surface area contributed by atoms with Crippen LogP contribution in [-0.4, -0.2) is 63.9 Å². The molecule has 46 valence electrons. The molecule has 0 amide bonds. The van der Waals surface area contributed by atoms with Crippen LogP contribution in [0, 0.1) is 0 Å². The second-order valence-corrected chi connectivity index (χ2v) is 1.06. The number of rotatable bonds is 0. The molecule has 5 nitrogen and oxygen atoms in total. The van der Waals surface area contributed by atoms with Crippen molar-refractivity contribution in [2.45, 2.75) is 0 Å². The monoisotopic (exact) mass is 578 g/mol. The molecule has 0 aromatic heterocycles. The maximum absolute atomic E-state index is 8.54. The summed E-state index contributed by atoms with van der Waals surface area (Å²) in [7, 11) is 0. The summed E-state index contributed by atoms with van der Waals surface area (Å²) in [6, 6.07) is 0. The average Bonchev–Trinajstić information content (AvgIpc) is 1.75. The maximum atomic E-state index is 8.54. The Morgan fingerprint density at radius 3 is 1.00 bits per heavy atom. The summed E-state index contributed by atoms with van der Waals surface area (Å²) >= 11 is -3.40. The van der Waals surface area contributed by atoms with Crippen molar-refractivity contribution in [2.24, 2.45) is 0 Å². The molecule has 4 radical (unpaired) electrons. The van der Waals surface area contributed by atoms with Gasteiger partial charge in [0.25, 0.3) is 0 Å². The first-order chi connectivity index (χ1) is 3.73. The Kier molecular flexibility index (Phi) is 47.8. The van der Waals surface area contributed by atoms with E-state index in [0.717, 1.165) is 0 Å². The third-order valence-corrected chi connectivity index (χ3v) is 0. The topological polar surface area (TPSA) is 97.3 Å². The van der Waals surface area contributed by atoms with Crippen LogP contribution in [0.1, 0.15) is 0 Å². The van der Waals surface area contributed by atoms with Crippen molar-refractivity contribution in [1.29, 1.82) is 0 Å². The normalized spacial score (nSPS) is 5.38. The summed E-state index contributed by atoms with van der Waals surface area (Å²) in [4.78, 5) is 0. The Morgan fingerprint density at radius 1 is 1.00 bits per heavy atom. The van der Waals surface area contributed by atoms with Crippen molar-refractivity contribution in [3.05, 3.63) is 0 Å². The van der Waals surface area contributed by atoms with Crippen LogP contribution in [-0.2, 0) is 9.46 Å². The van der Waals surface area contributed by atoms with Crippen molar-refractivity contribution < 1.29 is 17.8 Å². The van der Waals surface area contributed by atoms with Gasteiger partial charge in [0, 0.05) is 0 Å². The van der Waals surface area contributed by atoms with Crippen molar-refractivity contribution >= 4 is 63.9 Å². The molecule has 0 aliphatic heterocycles. The second-order valence-electron chi connectivity index (χ2n) is 0.204. The molecule has 0 aromatic rings. The minimum atomic E-state index is -3.79. The number of hydrogen-bond donors (Lipinski definition) is 0. The molecule has 0 rings (SSSR count). The van der Waals surface area contributed by atoms with Gasteiger partial charge in [0.1, 0.15) is 0 Å². The summed E-state index contributed by atoms with van der Waals surface area (Å²) in [5.74, 6) is 0. The fourth-order valence-electron chi connectivity index (χ4n) is 0. The van der Waals surface area contributed by atoms with Crippen LogP contribution in [0.25, 0.3) is 0 Å². The van der Waals surface area contributed by atoms with Crippen molar-refractivity contribution in [3.63, 3.8) is 0 Å². The molecule has 0 heterocycles. The zero-order valence-electron chi connectivity index (χ0n) is 3.34. The molecule has 0 N–H and O–H groups in total. The van der Waals surface area contributed by atoms with Gasteiger partial charge >= 0.3 is 81.8 Å². The molecule has 0 aliphatic carbocycles. The first kappa shape index (κ1) is 16.3. The van der Waals surface area contributed by atoms with Gasteiger partial charge in [0.05, 0.1) is 0 Å². The van der Waals surface area contributed by atoms with Gasteiger partial charge in [-0.25, -0.2) is 0 Å². The molecule has 0 atom stereocenters. The Hall–Kier alpha value is 1.61. The van der Waals surface area contributed by atoms with E-state index in [1.54, 1.807) is 0 Å². The third-order valence-electron chi connectivity index (χ3n) is 0. The van der Waals surface area contributed by atoms with E-state index >= 15 is 0 Å². The fraction of sp³-hybridized carbons (Fsp3) is 0. The molecule has 0 aliphatic rings. The molecule has 0 bridgehead atoms. The molecule has 0 aromatic carbocycles. The predicted molar refractivity (Wildman–Crippen MR) is 19.3 cm³/mol. The van der Waals surface area contributed by atoms with Crippen LogP contribution in [0.15, 0.2) is 0 Å². The molecule has 8 heavy (non-hydrogen) atoms. The summed E-state index contributed by atoms with van der Waals surface area (Å²) in [6.45, 7) is 0. The van der Waals surface area contributed by atoms with Gasteiger partial charge in [0.15, 0.2) is 0 Å². The summed E-state index contributed by atoms with van der Waals surface area (Å²) in [5.41, 5.74) is 0. The van der Waals surface area contributed by atoms with Gasteiger partial charge in [-0.1, -0.05) is 0 Å². The van der Waals surface area contributed by atoms with E-state index in [4.69, 9.17) is 17.8 Å². The number of hydrogen-bond acceptors (Lipinski definition) is 5. The summed E-state index contributed by atoms with van der Waals surface area (Å²) in [5, 5.41) is 0. The molecule has 0 spiro atoms. The molecule has 8 heteroatoms. The van der Waals surface area contributed by atoms with E-state index < -0.39 is 14.5 Å². The van der Waals surface area contributed by atoms with E-state index in [1.807, 2.05) is 0 Å². The van der Waals surface area contributed by atoms with E-state index in [-0.39, 0.29) is 49.4 Å². The predicted octanol–water partition coefficient (Wildman–Crippen LogP) is -3.88. The Labute approximate surface area is 80.8 Å². The van der Waals surface area contributed by atoms with Crippen molar-refractivity contribution in [1.82, 2.24) is 0 Å². The van der Waals surface area contributed by atoms with Crippen LogP contribution >= 0.6 is 0 Å². The molecule has 0 saturated carbocycles. The van der Waals surface area contributed by atoms with Gasteiger partial charge in [-0.2, -0.15) is 0 Å². The summed E-state index contributed by atoms with van der Waals surface area (Å²) in [6.07, 6.45) is 0. The SMILES string of the molecule is O=[Se]([O-])[O-].[O]=[Bi+].[O]=[Bi+]. The van der Waals surface area contributed by atoms with E-state index in [9.17, 15) is 0 Å². The Balaban J connectivity index is -0.0000000542. The van der Waals surface area contributed by atoms with E-state index in [1.165, 1.54) is 0 Å². The summed E-state index contributed by atoms with van der Waals surface area (Å²) < 4.78 is 42.3. The van der Waals surface area contributed by atoms with Crippen molar-refractivity contribution in [3.8, 4) is 0 Å². The Bertz CT molecular complexity index is 48.4. The molecule has 0 fully saturated rings. The molecule has 0 saturated heterocycles. The van der Waals surface area contributed by atoms with Crippen LogP contribution in [0.4, 0.5) is 0 Å². The zero-order valence-corrected chi connectivity index (χ0v) is 12.0. The van der Waals surface area contributed by atoms with Gasteiger partial charge in [-0.05, 0) is 0 Å².